The number of ether oxygens (including phenoxy) is 1. The summed E-state index contributed by atoms with van der Waals surface area (Å²) in [5.41, 5.74) is 6.97. The lowest BCUT2D eigenvalue weighted by Crippen LogP contribution is -2.69. The highest BCUT2D eigenvalue weighted by atomic mass is 16.5. The fourth-order valence-corrected chi connectivity index (χ4v) is 3.75. The van der Waals surface area contributed by atoms with Crippen LogP contribution >= 0.6 is 0 Å². The smallest absolute Gasteiger partial charge is 0.231 e. The fourth-order valence-electron chi connectivity index (χ4n) is 3.75. The molecular formula is C16H20N2O2. The van der Waals surface area contributed by atoms with Gasteiger partial charge in [-0.25, -0.2) is 0 Å². The number of nitrogens with two attached hydrogens (primary N) is 1. The highest BCUT2D eigenvalue weighted by Gasteiger charge is 2.57. The molecule has 2 aliphatic carbocycles. The third-order valence-corrected chi connectivity index (χ3v) is 5.26. The summed E-state index contributed by atoms with van der Waals surface area (Å²) in [6.45, 7) is 0.777. The molecule has 1 aromatic rings. The molecule has 1 saturated heterocycles. The Kier molecular flexibility index (Phi) is 2.66. The highest BCUT2D eigenvalue weighted by Crippen LogP contribution is 2.49. The minimum absolute atomic E-state index is 0.00353. The molecule has 4 rings (SSSR count). The number of carbonyl (C=O) groups excluding carboxylic acids is 1. The lowest BCUT2D eigenvalue weighted by molar-refractivity contribution is -0.128. The Bertz CT molecular complexity index is 527. The van der Waals surface area contributed by atoms with Crippen LogP contribution in [0, 0.1) is 5.92 Å². The van der Waals surface area contributed by atoms with Crippen LogP contribution in [0.15, 0.2) is 30.3 Å². The summed E-state index contributed by atoms with van der Waals surface area (Å²) in [6.07, 6.45) is 3.03. The molecule has 4 atom stereocenters. The Morgan fingerprint density at radius 2 is 2.05 bits per heavy atom. The van der Waals surface area contributed by atoms with Gasteiger partial charge in [0.25, 0.3) is 0 Å². The van der Waals surface area contributed by atoms with Crippen LogP contribution in [0.2, 0.25) is 0 Å². The van der Waals surface area contributed by atoms with Gasteiger partial charge < -0.3 is 15.8 Å². The number of nitrogens with one attached hydrogen (secondary N) is 1. The first-order valence-electron chi connectivity index (χ1n) is 7.46. The van der Waals surface area contributed by atoms with Crippen LogP contribution < -0.4 is 11.1 Å². The molecule has 1 aliphatic heterocycles. The fraction of sp³-hybridized carbons (Fsp3) is 0.562. The van der Waals surface area contributed by atoms with Gasteiger partial charge in [-0.15, -0.1) is 0 Å². The number of rotatable bonds is 3. The summed E-state index contributed by atoms with van der Waals surface area (Å²) in [4.78, 5) is 12.6. The number of hydrogen-bond acceptors (Lipinski definition) is 3. The van der Waals surface area contributed by atoms with Crippen molar-refractivity contribution in [3.63, 3.8) is 0 Å². The predicted octanol–water partition coefficient (Wildman–Crippen LogP) is 0.949. The number of fused-ring (bicyclic) bond motifs is 1. The number of carbonyl (C=O) groups is 1. The molecule has 4 unspecified atom stereocenters. The second-order valence-corrected chi connectivity index (χ2v) is 6.31. The van der Waals surface area contributed by atoms with E-state index in [2.05, 4.69) is 5.32 Å². The average Bonchev–Trinajstić information content (AvgIpc) is 3.19. The molecule has 4 heteroatoms. The molecule has 0 radical (unpaired) electrons. The van der Waals surface area contributed by atoms with E-state index in [0.29, 0.717) is 5.92 Å². The monoisotopic (exact) mass is 272 g/mol. The summed E-state index contributed by atoms with van der Waals surface area (Å²) in [6, 6.07) is 10.1. The van der Waals surface area contributed by atoms with Gasteiger partial charge in [-0.1, -0.05) is 30.3 Å². The van der Waals surface area contributed by atoms with Crippen LogP contribution in [-0.4, -0.2) is 30.7 Å². The van der Waals surface area contributed by atoms with Gasteiger partial charge in [-0.05, 0) is 24.8 Å². The SMILES string of the molecule is NC1C2CCOC2C1NC(=O)C1(c2ccccc2)CC1. The molecule has 2 saturated carbocycles. The number of benzene rings is 1. The van der Waals surface area contributed by atoms with Crippen LogP contribution in [0.25, 0.3) is 0 Å². The Morgan fingerprint density at radius 3 is 2.75 bits per heavy atom. The van der Waals surface area contributed by atoms with E-state index in [0.717, 1.165) is 31.4 Å². The molecule has 106 valence electrons. The van der Waals surface area contributed by atoms with Crippen molar-refractivity contribution in [1.29, 1.82) is 0 Å². The van der Waals surface area contributed by atoms with Gasteiger partial charge >= 0.3 is 0 Å². The van der Waals surface area contributed by atoms with Gasteiger partial charge in [-0.3, -0.25) is 4.79 Å². The first-order valence-corrected chi connectivity index (χ1v) is 7.46. The Hall–Kier alpha value is -1.39. The minimum Gasteiger partial charge on any atom is -0.376 e. The van der Waals surface area contributed by atoms with Crippen molar-refractivity contribution < 1.29 is 9.53 Å². The van der Waals surface area contributed by atoms with Crippen molar-refractivity contribution in [2.24, 2.45) is 11.7 Å². The summed E-state index contributed by atoms with van der Waals surface area (Å²) in [5.74, 6) is 0.560. The van der Waals surface area contributed by atoms with Crippen LogP contribution in [0.5, 0.6) is 0 Å². The van der Waals surface area contributed by atoms with Crippen molar-refractivity contribution in [2.75, 3.05) is 6.61 Å². The van der Waals surface area contributed by atoms with Gasteiger partial charge in [0.15, 0.2) is 0 Å². The maximum absolute atomic E-state index is 12.6. The van der Waals surface area contributed by atoms with Gasteiger partial charge in [0.05, 0.1) is 17.6 Å². The minimum atomic E-state index is -0.315. The van der Waals surface area contributed by atoms with Crippen LogP contribution in [0.4, 0.5) is 0 Å². The molecular weight excluding hydrogens is 252 g/mol. The van der Waals surface area contributed by atoms with Crippen molar-refractivity contribution in [3.8, 4) is 0 Å². The Morgan fingerprint density at radius 1 is 1.30 bits per heavy atom. The quantitative estimate of drug-likeness (QED) is 0.861. The van der Waals surface area contributed by atoms with Crippen molar-refractivity contribution in [2.45, 2.75) is 42.9 Å². The molecule has 1 amide bonds. The van der Waals surface area contributed by atoms with Crippen LogP contribution in [-0.2, 0) is 14.9 Å². The van der Waals surface area contributed by atoms with E-state index in [-0.39, 0.29) is 29.5 Å². The van der Waals surface area contributed by atoms with Gasteiger partial charge in [0, 0.05) is 18.6 Å². The molecule has 3 N–H and O–H groups in total. The van der Waals surface area contributed by atoms with Crippen molar-refractivity contribution in [3.05, 3.63) is 35.9 Å². The van der Waals surface area contributed by atoms with Crippen LogP contribution in [0.3, 0.4) is 0 Å². The third-order valence-electron chi connectivity index (χ3n) is 5.26. The molecule has 3 aliphatic rings. The van der Waals surface area contributed by atoms with Crippen molar-refractivity contribution in [1.82, 2.24) is 5.32 Å². The molecule has 0 aromatic heterocycles. The summed E-state index contributed by atoms with van der Waals surface area (Å²) in [7, 11) is 0. The highest BCUT2D eigenvalue weighted by molar-refractivity contribution is 5.91. The van der Waals surface area contributed by atoms with Crippen molar-refractivity contribution >= 4 is 5.91 Å². The van der Waals surface area contributed by atoms with E-state index in [1.807, 2.05) is 30.3 Å². The maximum atomic E-state index is 12.6. The Balaban J connectivity index is 1.49. The molecule has 0 spiro atoms. The van der Waals surface area contributed by atoms with E-state index < -0.39 is 0 Å². The molecule has 0 bridgehead atoms. The van der Waals surface area contributed by atoms with E-state index in [4.69, 9.17) is 10.5 Å². The third kappa shape index (κ3) is 1.64. The van der Waals surface area contributed by atoms with E-state index in [1.165, 1.54) is 0 Å². The summed E-state index contributed by atoms with van der Waals surface area (Å²) in [5, 5.41) is 3.15. The topological polar surface area (TPSA) is 64.3 Å². The summed E-state index contributed by atoms with van der Waals surface area (Å²) >= 11 is 0. The van der Waals surface area contributed by atoms with E-state index in [9.17, 15) is 4.79 Å². The average molecular weight is 272 g/mol. The number of hydrogen-bond donors (Lipinski definition) is 2. The van der Waals surface area contributed by atoms with Gasteiger partial charge in [0.1, 0.15) is 0 Å². The molecule has 4 nitrogen and oxygen atoms in total. The molecule has 3 fully saturated rings. The normalized spacial score (nSPS) is 36.9. The molecule has 20 heavy (non-hydrogen) atoms. The van der Waals surface area contributed by atoms with Gasteiger partial charge in [0.2, 0.25) is 5.91 Å². The molecule has 1 heterocycles. The lowest BCUT2D eigenvalue weighted by Gasteiger charge is -2.46. The first-order chi connectivity index (χ1) is 9.72. The summed E-state index contributed by atoms with van der Waals surface area (Å²) < 4.78 is 5.68. The maximum Gasteiger partial charge on any atom is 0.231 e. The van der Waals surface area contributed by atoms with Crippen LogP contribution in [0.1, 0.15) is 24.8 Å². The Labute approximate surface area is 118 Å². The van der Waals surface area contributed by atoms with E-state index >= 15 is 0 Å². The zero-order valence-corrected chi connectivity index (χ0v) is 11.4. The predicted molar refractivity (Wildman–Crippen MR) is 75.1 cm³/mol. The number of amides is 1. The molecule has 1 aromatic carbocycles. The zero-order valence-electron chi connectivity index (χ0n) is 11.4. The van der Waals surface area contributed by atoms with Gasteiger partial charge in [-0.2, -0.15) is 0 Å². The first kappa shape index (κ1) is 12.4. The zero-order chi connectivity index (χ0) is 13.7. The largest absolute Gasteiger partial charge is 0.376 e. The second-order valence-electron chi connectivity index (χ2n) is 6.31. The lowest BCUT2D eigenvalue weighted by atomic mass is 9.72. The van der Waals surface area contributed by atoms with E-state index in [1.54, 1.807) is 0 Å². The standard InChI is InChI=1S/C16H20N2O2/c17-12-11-6-9-20-14(11)13(12)18-15(19)16(7-8-16)10-4-2-1-3-5-10/h1-5,11-14H,6-9,17H2,(H,18,19). The second kappa shape index (κ2) is 4.30.